The van der Waals surface area contributed by atoms with Crippen molar-refractivity contribution >= 4 is 5.91 Å². The summed E-state index contributed by atoms with van der Waals surface area (Å²) >= 11 is 0. The molecule has 0 saturated carbocycles. The first kappa shape index (κ1) is 14.0. The predicted octanol–water partition coefficient (Wildman–Crippen LogP) is 1.15. The molecule has 0 aliphatic carbocycles. The Kier molecular flexibility index (Phi) is 4.56. The third-order valence-corrected chi connectivity index (χ3v) is 3.54. The number of amides is 1. The smallest absolute Gasteiger partial charge is 0.237 e. The summed E-state index contributed by atoms with van der Waals surface area (Å²) in [6, 6.07) is 8.04. The van der Waals surface area contributed by atoms with E-state index in [1.54, 1.807) is 0 Å². The summed E-state index contributed by atoms with van der Waals surface area (Å²) in [5.41, 5.74) is 2.40. The molecule has 4 nitrogen and oxygen atoms in total. The molecule has 1 aliphatic rings. The van der Waals surface area contributed by atoms with Gasteiger partial charge in [-0.25, -0.2) is 0 Å². The quantitative estimate of drug-likeness (QED) is 0.763. The van der Waals surface area contributed by atoms with Crippen molar-refractivity contribution in [3.05, 3.63) is 35.4 Å². The molecule has 0 radical (unpaired) electrons. The van der Waals surface area contributed by atoms with Crippen molar-refractivity contribution in [2.24, 2.45) is 0 Å². The number of hydrogen-bond donors (Lipinski definition) is 3. The minimum absolute atomic E-state index is 0.0375. The Morgan fingerprint density at radius 1 is 1.42 bits per heavy atom. The van der Waals surface area contributed by atoms with Crippen LogP contribution in [0.1, 0.15) is 37.3 Å². The number of rotatable bonds is 4. The predicted molar refractivity (Wildman–Crippen MR) is 74.8 cm³/mol. The number of aliphatic hydroxyl groups excluding tert-OH is 1. The van der Waals surface area contributed by atoms with Crippen molar-refractivity contribution in [1.82, 2.24) is 10.6 Å². The van der Waals surface area contributed by atoms with Crippen LogP contribution in [0.15, 0.2) is 24.3 Å². The maximum atomic E-state index is 11.9. The number of carbonyl (C=O) groups is 1. The van der Waals surface area contributed by atoms with Crippen LogP contribution in [-0.4, -0.2) is 29.7 Å². The van der Waals surface area contributed by atoms with E-state index in [4.69, 9.17) is 0 Å². The minimum Gasteiger partial charge on any atom is -0.392 e. The molecule has 1 amide bonds. The van der Waals surface area contributed by atoms with Gasteiger partial charge in [-0.2, -0.15) is 0 Å². The van der Waals surface area contributed by atoms with Crippen molar-refractivity contribution in [1.29, 1.82) is 0 Å². The van der Waals surface area contributed by atoms with Crippen molar-refractivity contribution in [2.45, 2.75) is 44.9 Å². The van der Waals surface area contributed by atoms with E-state index in [1.807, 2.05) is 12.1 Å². The van der Waals surface area contributed by atoms with E-state index in [2.05, 4.69) is 36.6 Å². The number of carbonyl (C=O) groups excluding carboxylic acids is 1. The molecular weight excluding hydrogens is 240 g/mol. The molecular formula is C15H22N2O2. The summed E-state index contributed by atoms with van der Waals surface area (Å²) in [7, 11) is 0. The average molecular weight is 262 g/mol. The molecule has 2 atom stereocenters. The summed E-state index contributed by atoms with van der Waals surface area (Å²) in [5, 5.41) is 15.3. The molecule has 1 saturated heterocycles. The van der Waals surface area contributed by atoms with Gasteiger partial charge in [-0.1, -0.05) is 38.1 Å². The van der Waals surface area contributed by atoms with Crippen molar-refractivity contribution < 1.29 is 9.90 Å². The molecule has 19 heavy (non-hydrogen) atoms. The maximum Gasteiger partial charge on any atom is 0.237 e. The van der Waals surface area contributed by atoms with Crippen LogP contribution >= 0.6 is 0 Å². The fourth-order valence-electron chi connectivity index (χ4n) is 2.25. The second-order valence-electron chi connectivity index (χ2n) is 5.46. The zero-order valence-electron chi connectivity index (χ0n) is 11.5. The molecule has 1 aromatic rings. The third-order valence-electron chi connectivity index (χ3n) is 3.54. The molecule has 2 unspecified atom stereocenters. The van der Waals surface area contributed by atoms with E-state index in [0.29, 0.717) is 25.4 Å². The van der Waals surface area contributed by atoms with Crippen molar-refractivity contribution in [2.75, 3.05) is 6.54 Å². The van der Waals surface area contributed by atoms with Crippen LogP contribution in [0.3, 0.4) is 0 Å². The Labute approximate surface area is 114 Å². The van der Waals surface area contributed by atoms with Gasteiger partial charge in [-0.05, 0) is 23.5 Å². The Morgan fingerprint density at radius 2 is 2.11 bits per heavy atom. The lowest BCUT2D eigenvalue weighted by Gasteiger charge is -2.12. The molecule has 1 heterocycles. The summed E-state index contributed by atoms with van der Waals surface area (Å²) < 4.78 is 0. The molecule has 2 rings (SSSR count). The van der Waals surface area contributed by atoms with Gasteiger partial charge in [0, 0.05) is 13.1 Å². The minimum atomic E-state index is -0.402. The topological polar surface area (TPSA) is 61.4 Å². The van der Waals surface area contributed by atoms with E-state index in [1.165, 1.54) is 5.56 Å². The molecule has 0 bridgehead atoms. The van der Waals surface area contributed by atoms with Gasteiger partial charge in [0.2, 0.25) is 5.91 Å². The fourth-order valence-corrected chi connectivity index (χ4v) is 2.25. The first-order valence-electron chi connectivity index (χ1n) is 6.84. The van der Waals surface area contributed by atoms with E-state index in [9.17, 15) is 9.90 Å². The summed E-state index contributed by atoms with van der Waals surface area (Å²) in [6.07, 6.45) is 0.0964. The highest BCUT2D eigenvalue weighted by Gasteiger charge is 2.27. The highest BCUT2D eigenvalue weighted by atomic mass is 16.3. The molecule has 0 spiro atoms. The number of β-amino-alcohol motifs (C(OH)–C–C–N with tert-alkyl or cyclic N) is 1. The Balaban J connectivity index is 1.83. The first-order chi connectivity index (χ1) is 9.06. The number of benzene rings is 1. The average Bonchev–Trinajstić information content (AvgIpc) is 2.83. The molecule has 1 aromatic carbocycles. The molecule has 104 valence electrons. The lowest BCUT2D eigenvalue weighted by atomic mass is 10.0. The van der Waals surface area contributed by atoms with Crippen LogP contribution in [0.2, 0.25) is 0 Å². The van der Waals surface area contributed by atoms with Gasteiger partial charge in [0.15, 0.2) is 0 Å². The largest absolute Gasteiger partial charge is 0.392 e. The van der Waals surface area contributed by atoms with Gasteiger partial charge in [0.05, 0.1) is 12.1 Å². The van der Waals surface area contributed by atoms with Gasteiger partial charge in [-0.3, -0.25) is 4.79 Å². The Morgan fingerprint density at radius 3 is 2.63 bits per heavy atom. The van der Waals surface area contributed by atoms with Crippen molar-refractivity contribution in [3.63, 3.8) is 0 Å². The first-order valence-corrected chi connectivity index (χ1v) is 6.84. The standard InChI is InChI=1S/C15H22N2O2/c1-10(2)12-5-3-11(4-6-12)8-17-15(19)14-7-13(18)9-16-14/h3-6,10,13-14,16,18H,7-9H2,1-2H3,(H,17,19). The molecule has 1 fully saturated rings. The summed E-state index contributed by atoms with van der Waals surface area (Å²) in [5.74, 6) is 0.484. The Hall–Kier alpha value is -1.39. The second-order valence-corrected chi connectivity index (χ2v) is 5.46. The normalized spacial score (nSPS) is 22.7. The van der Waals surface area contributed by atoms with E-state index < -0.39 is 6.10 Å². The number of nitrogens with one attached hydrogen (secondary N) is 2. The van der Waals surface area contributed by atoms with Crippen LogP contribution < -0.4 is 10.6 Å². The molecule has 0 aromatic heterocycles. The van der Waals surface area contributed by atoms with Crippen LogP contribution in [0.4, 0.5) is 0 Å². The second kappa shape index (κ2) is 6.17. The van der Waals surface area contributed by atoms with Gasteiger partial charge in [-0.15, -0.1) is 0 Å². The van der Waals surface area contributed by atoms with Crippen LogP contribution in [0, 0.1) is 0 Å². The Bertz CT molecular complexity index is 428. The number of hydrogen-bond acceptors (Lipinski definition) is 3. The number of aliphatic hydroxyl groups is 1. The monoisotopic (exact) mass is 262 g/mol. The lowest BCUT2D eigenvalue weighted by Crippen LogP contribution is -2.39. The van der Waals surface area contributed by atoms with Crippen LogP contribution in [0.5, 0.6) is 0 Å². The molecule has 3 N–H and O–H groups in total. The summed E-state index contributed by atoms with van der Waals surface area (Å²) in [6.45, 7) is 5.36. The zero-order chi connectivity index (χ0) is 13.8. The maximum absolute atomic E-state index is 11.9. The van der Waals surface area contributed by atoms with E-state index >= 15 is 0 Å². The van der Waals surface area contributed by atoms with Gasteiger partial charge >= 0.3 is 0 Å². The van der Waals surface area contributed by atoms with Crippen LogP contribution in [-0.2, 0) is 11.3 Å². The van der Waals surface area contributed by atoms with Crippen molar-refractivity contribution in [3.8, 4) is 0 Å². The highest BCUT2D eigenvalue weighted by Crippen LogP contribution is 2.14. The van der Waals surface area contributed by atoms with Gasteiger partial charge in [0.1, 0.15) is 0 Å². The van der Waals surface area contributed by atoms with Gasteiger partial charge < -0.3 is 15.7 Å². The SMILES string of the molecule is CC(C)c1ccc(CNC(=O)C2CC(O)CN2)cc1. The van der Waals surface area contributed by atoms with E-state index in [0.717, 1.165) is 5.56 Å². The molecule has 1 aliphatic heterocycles. The van der Waals surface area contributed by atoms with Crippen LogP contribution in [0.25, 0.3) is 0 Å². The highest BCUT2D eigenvalue weighted by molar-refractivity contribution is 5.82. The zero-order valence-corrected chi connectivity index (χ0v) is 11.5. The van der Waals surface area contributed by atoms with Gasteiger partial charge in [0.25, 0.3) is 0 Å². The lowest BCUT2D eigenvalue weighted by molar-refractivity contribution is -0.123. The fraction of sp³-hybridized carbons (Fsp3) is 0.533. The molecule has 4 heteroatoms. The van der Waals surface area contributed by atoms with E-state index in [-0.39, 0.29) is 11.9 Å². The summed E-state index contributed by atoms with van der Waals surface area (Å²) in [4.78, 5) is 11.9. The third kappa shape index (κ3) is 3.78.